The Morgan fingerprint density at radius 1 is 1.23 bits per heavy atom. The van der Waals surface area contributed by atoms with E-state index < -0.39 is 0 Å². The van der Waals surface area contributed by atoms with Crippen molar-refractivity contribution in [1.82, 2.24) is 15.6 Å². The Bertz CT molecular complexity index is 522. The van der Waals surface area contributed by atoms with Gasteiger partial charge < -0.3 is 15.7 Å². The van der Waals surface area contributed by atoms with Gasteiger partial charge in [0.15, 0.2) is 5.96 Å². The Morgan fingerprint density at radius 3 is 2.62 bits per heavy atom. The van der Waals surface area contributed by atoms with Crippen LogP contribution in [0, 0.1) is 12.3 Å². The molecule has 0 aliphatic heterocycles. The molecule has 26 heavy (non-hydrogen) atoms. The Morgan fingerprint density at radius 2 is 2.00 bits per heavy atom. The first-order valence-corrected chi connectivity index (χ1v) is 9.72. The largest absolute Gasteiger partial charge is 0.396 e. The molecule has 148 valence electrons. The second-order valence-electron chi connectivity index (χ2n) is 7.21. The van der Waals surface area contributed by atoms with E-state index in [0.717, 1.165) is 44.1 Å². The summed E-state index contributed by atoms with van der Waals surface area (Å²) in [5.41, 5.74) is 2.47. The van der Waals surface area contributed by atoms with Gasteiger partial charge in [0.2, 0.25) is 0 Å². The number of nitrogens with zero attached hydrogens (tertiary/aromatic N) is 2. The molecule has 1 aliphatic carbocycles. The van der Waals surface area contributed by atoms with Gasteiger partial charge in [0.25, 0.3) is 0 Å². The number of rotatable bonds is 8. The van der Waals surface area contributed by atoms with Crippen molar-refractivity contribution in [2.45, 2.75) is 58.8 Å². The normalized spacial score (nSPS) is 16.7. The molecule has 0 amide bonds. The number of aryl methyl sites for hydroxylation is 1. The van der Waals surface area contributed by atoms with Gasteiger partial charge in [-0.2, -0.15) is 0 Å². The molecular weight excluding hydrogens is 439 g/mol. The van der Waals surface area contributed by atoms with Gasteiger partial charge in [0, 0.05) is 38.1 Å². The predicted octanol–water partition coefficient (Wildman–Crippen LogP) is 3.44. The quantitative estimate of drug-likeness (QED) is 0.307. The summed E-state index contributed by atoms with van der Waals surface area (Å²) in [6.07, 6.45) is 9.96. The van der Waals surface area contributed by atoms with Crippen LogP contribution >= 0.6 is 24.0 Å². The van der Waals surface area contributed by atoms with E-state index >= 15 is 0 Å². The number of hydrogen-bond acceptors (Lipinski definition) is 3. The van der Waals surface area contributed by atoms with Crippen LogP contribution in [-0.4, -0.2) is 42.3 Å². The molecule has 0 aromatic carbocycles. The van der Waals surface area contributed by atoms with Crippen molar-refractivity contribution in [2.24, 2.45) is 10.4 Å². The van der Waals surface area contributed by atoms with Crippen LogP contribution in [0.4, 0.5) is 0 Å². The smallest absolute Gasteiger partial charge is 0.191 e. The van der Waals surface area contributed by atoms with Gasteiger partial charge in [-0.15, -0.1) is 24.0 Å². The van der Waals surface area contributed by atoms with Crippen molar-refractivity contribution in [3.8, 4) is 0 Å². The summed E-state index contributed by atoms with van der Waals surface area (Å²) in [4.78, 5) is 9.18. The molecule has 0 bridgehead atoms. The molecule has 1 aromatic rings. The highest BCUT2D eigenvalue weighted by atomic mass is 127. The van der Waals surface area contributed by atoms with E-state index in [-0.39, 0.29) is 36.0 Å². The molecule has 0 spiro atoms. The molecule has 3 N–H and O–H groups in total. The molecular formula is C20H35IN4O. The van der Waals surface area contributed by atoms with Crippen molar-refractivity contribution >= 4 is 29.9 Å². The highest BCUT2D eigenvalue weighted by molar-refractivity contribution is 14.0. The molecule has 0 radical (unpaired) electrons. The number of aliphatic hydroxyl groups excluding tert-OH is 1. The molecule has 1 saturated carbocycles. The highest BCUT2D eigenvalue weighted by Crippen LogP contribution is 2.39. The van der Waals surface area contributed by atoms with Crippen LogP contribution in [0.5, 0.6) is 0 Å². The molecule has 6 heteroatoms. The Hall–Kier alpha value is -0.890. The van der Waals surface area contributed by atoms with Crippen LogP contribution in [0.2, 0.25) is 0 Å². The van der Waals surface area contributed by atoms with Gasteiger partial charge in [-0.3, -0.25) is 9.98 Å². The minimum atomic E-state index is 0. The van der Waals surface area contributed by atoms with Gasteiger partial charge in [-0.25, -0.2) is 0 Å². The zero-order valence-corrected chi connectivity index (χ0v) is 18.6. The lowest BCUT2D eigenvalue weighted by Gasteiger charge is -2.35. The van der Waals surface area contributed by atoms with Crippen molar-refractivity contribution in [3.63, 3.8) is 0 Å². The minimum absolute atomic E-state index is 0. The SMILES string of the molecule is CCNC(=NCC1(CCO)CCCCC1)NCCc1ccc(C)nc1.I. The first-order valence-electron chi connectivity index (χ1n) is 9.72. The van der Waals surface area contributed by atoms with E-state index in [2.05, 4.69) is 34.7 Å². The molecule has 0 atom stereocenters. The minimum Gasteiger partial charge on any atom is -0.396 e. The van der Waals surface area contributed by atoms with E-state index in [1.165, 1.54) is 37.7 Å². The van der Waals surface area contributed by atoms with Gasteiger partial charge >= 0.3 is 0 Å². The van der Waals surface area contributed by atoms with Gasteiger partial charge in [-0.1, -0.05) is 25.3 Å². The van der Waals surface area contributed by atoms with Crippen molar-refractivity contribution in [1.29, 1.82) is 0 Å². The number of aliphatic hydroxyl groups is 1. The van der Waals surface area contributed by atoms with Crippen molar-refractivity contribution < 1.29 is 5.11 Å². The lowest BCUT2D eigenvalue weighted by molar-refractivity contribution is 0.137. The standard InChI is InChI=1S/C20H34N4O.HI/c1-3-21-19(22-13-9-18-8-7-17(2)23-15-18)24-16-20(12-14-25)10-5-4-6-11-20;/h7-8,15,25H,3-6,9-14,16H2,1-2H3,(H2,21,22,24);1H. The summed E-state index contributed by atoms with van der Waals surface area (Å²) in [6.45, 7) is 6.85. The molecule has 1 fully saturated rings. The average molecular weight is 474 g/mol. The summed E-state index contributed by atoms with van der Waals surface area (Å²) in [5.74, 6) is 0.880. The Kier molecular flexibility index (Phi) is 11.1. The number of halogens is 1. The van der Waals surface area contributed by atoms with Gasteiger partial charge in [0.1, 0.15) is 0 Å². The summed E-state index contributed by atoms with van der Waals surface area (Å²) >= 11 is 0. The fourth-order valence-corrected chi connectivity index (χ4v) is 3.59. The van der Waals surface area contributed by atoms with Crippen LogP contribution in [0.3, 0.4) is 0 Å². The Balaban J connectivity index is 0.00000338. The number of guanidine groups is 1. The fraction of sp³-hybridized carbons (Fsp3) is 0.700. The summed E-state index contributed by atoms with van der Waals surface area (Å²) in [5, 5.41) is 16.2. The third-order valence-corrected chi connectivity index (χ3v) is 5.15. The molecule has 1 heterocycles. The second-order valence-corrected chi connectivity index (χ2v) is 7.21. The first-order chi connectivity index (χ1) is 12.2. The zero-order valence-electron chi connectivity index (χ0n) is 16.3. The second kappa shape index (κ2) is 12.5. The zero-order chi connectivity index (χ0) is 18.0. The van der Waals surface area contributed by atoms with Crippen molar-refractivity contribution in [3.05, 3.63) is 29.6 Å². The summed E-state index contributed by atoms with van der Waals surface area (Å²) in [7, 11) is 0. The van der Waals surface area contributed by atoms with E-state index in [9.17, 15) is 5.11 Å². The number of nitrogens with one attached hydrogen (secondary N) is 2. The van der Waals surface area contributed by atoms with E-state index in [1.807, 2.05) is 13.1 Å². The first kappa shape index (κ1) is 23.1. The third-order valence-electron chi connectivity index (χ3n) is 5.15. The fourth-order valence-electron chi connectivity index (χ4n) is 3.59. The molecule has 1 aliphatic rings. The number of aliphatic imine (C=N–C) groups is 1. The molecule has 5 nitrogen and oxygen atoms in total. The molecule has 2 rings (SSSR count). The van der Waals surface area contributed by atoms with Crippen LogP contribution in [0.25, 0.3) is 0 Å². The maximum Gasteiger partial charge on any atom is 0.191 e. The molecule has 0 saturated heterocycles. The maximum atomic E-state index is 9.45. The van der Waals surface area contributed by atoms with Gasteiger partial charge in [-0.05, 0) is 56.6 Å². The predicted molar refractivity (Wildman–Crippen MR) is 119 cm³/mol. The topological polar surface area (TPSA) is 69.5 Å². The molecule has 0 unspecified atom stereocenters. The van der Waals surface area contributed by atoms with E-state index in [4.69, 9.17) is 4.99 Å². The third kappa shape index (κ3) is 7.78. The van der Waals surface area contributed by atoms with Crippen LogP contribution in [0.1, 0.15) is 56.7 Å². The monoisotopic (exact) mass is 474 g/mol. The number of hydrogen-bond donors (Lipinski definition) is 3. The number of aromatic nitrogens is 1. The average Bonchev–Trinajstić information content (AvgIpc) is 2.62. The van der Waals surface area contributed by atoms with E-state index in [1.54, 1.807) is 0 Å². The van der Waals surface area contributed by atoms with E-state index in [0.29, 0.717) is 0 Å². The highest BCUT2D eigenvalue weighted by Gasteiger charge is 2.31. The van der Waals surface area contributed by atoms with Crippen LogP contribution in [0.15, 0.2) is 23.3 Å². The summed E-state index contributed by atoms with van der Waals surface area (Å²) in [6, 6.07) is 4.18. The Labute approximate surface area is 175 Å². The summed E-state index contributed by atoms with van der Waals surface area (Å²) < 4.78 is 0. The lowest BCUT2D eigenvalue weighted by atomic mass is 9.72. The van der Waals surface area contributed by atoms with Crippen LogP contribution < -0.4 is 10.6 Å². The lowest BCUT2D eigenvalue weighted by Crippen LogP contribution is -2.40. The number of pyridine rings is 1. The van der Waals surface area contributed by atoms with Crippen molar-refractivity contribution in [2.75, 3.05) is 26.2 Å². The van der Waals surface area contributed by atoms with Crippen LogP contribution in [-0.2, 0) is 6.42 Å². The maximum absolute atomic E-state index is 9.45. The molecule has 1 aromatic heterocycles. The van der Waals surface area contributed by atoms with Gasteiger partial charge in [0.05, 0.1) is 0 Å².